The Balaban J connectivity index is 1.86. The van der Waals surface area contributed by atoms with E-state index in [1.165, 1.54) is 44.1 Å². The number of rotatable bonds is 6. The summed E-state index contributed by atoms with van der Waals surface area (Å²) in [7, 11) is 0. The van der Waals surface area contributed by atoms with Crippen molar-refractivity contribution in [2.45, 2.75) is 70.8 Å². The summed E-state index contributed by atoms with van der Waals surface area (Å²) in [6.07, 6.45) is 9.43. The van der Waals surface area contributed by atoms with Crippen LogP contribution in [0.2, 0.25) is 0 Å². The summed E-state index contributed by atoms with van der Waals surface area (Å²) in [5.41, 5.74) is 3.04. The van der Waals surface area contributed by atoms with Gasteiger partial charge in [0.15, 0.2) is 0 Å². The molecule has 1 aliphatic carbocycles. The largest absolute Gasteiger partial charge is 0.314 e. The van der Waals surface area contributed by atoms with Gasteiger partial charge >= 0.3 is 0 Å². The first-order valence-corrected chi connectivity index (χ1v) is 8.12. The minimum absolute atomic E-state index is 0.584. The molecule has 1 saturated carbocycles. The van der Waals surface area contributed by atoms with Gasteiger partial charge in [-0.2, -0.15) is 0 Å². The Morgan fingerprint density at radius 3 is 2.42 bits per heavy atom. The zero-order valence-corrected chi connectivity index (χ0v) is 12.6. The highest BCUT2D eigenvalue weighted by molar-refractivity contribution is 5.26. The SMILES string of the molecule is CCCNC(C)Cc1ccc(C2CCCCC2)cc1. The maximum absolute atomic E-state index is 3.56. The molecular formula is C18H29N. The van der Waals surface area contributed by atoms with E-state index in [1.807, 2.05) is 0 Å². The quantitative estimate of drug-likeness (QED) is 0.783. The van der Waals surface area contributed by atoms with Gasteiger partial charge in [0, 0.05) is 6.04 Å². The van der Waals surface area contributed by atoms with Crippen LogP contribution in [-0.2, 0) is 6.42 Å². The third-order valence-electron chi connectivity index (χ3n) is 4.34. The highest BCUT2D eigenvalue weighted by atomic mass is 14.9. The zero-order valence-electron chi connectivity index (χ0n) is 12.6. The third-order valence-corrected chi connectivity index (χ3v) is 4.34. The number of hydrogen-bond acceptors (Lipinski definition) is 1. The Morgan fingerprint density at radius 1 is 1.11 bits per heavy atom. The fourth-order valence-corrected chi connectivity index (χ4v) is 3.18. The fraction of sp³-hybridized carbons (Fsp3) is 0.667. The van der Waals surface area contributed by atoms with Crippen molar-refractivity contribution < 1.29 is 0 Å². The molecule has 106 valence electrons. The maximum Gasteiger partial charge on any atom is 0.00791 e. The van der Waals surface area contributed by atoms with Crippen LogP contribution in [0.15, 0.2) is 24.3 Å². The molecule has 1 aliphatic rings. The predicted molar refractivity (Wildman–Crippen MR) is 83.7 cm³/mol. The molecule has 1 aromatic rings. The minimum Gasteiger partial charge on any atom is -0.314 e. The van der Waals surface area contributed by atoms with Crippen LogP contribution in [0.3, 0.4) is 0 Å². The fourth-order valence-electron chi connectivity index (χ4n) is 3.18. The standard InChI is InChI=1S/C18H29N/c1-3-13-19-15(2)14-16-9-11-18(12-10-16)17-7-5-4-6-8-17/h9-12,15,17,19H,3-8,13-14H2,1-2H3. The lowest BCUT2D eigenvalue weighted by Crippen LogP contribution is -2.28. The molecule has 1 nitrogen and oxygen atoms in total. The molecule has 0 spiro atoms. The van der Waals surface area contributed by atoms with Crippen LogP contribution in [0.1, 0.15) is 69.4 Å². The zero-order chi connectivity index (χ0) is 13.5. The van der Waals surface area contributed by atoms with Crippen LogP contribution in [0, 0.1) is 0 Å². The van der Waals surface area contributed by atoms with Crippen LogP contribution in [0.5, 0.6) is 0 Å². The molecule has 2 rings (SSSR count). The van der Waals surface area contributed by atoms with Crippen LogP contribution in [0.25, 0.3) is 0 Å². The summed E-state index contributed by atoms with van der Waals surface area (Å²) in [6.45, 7) is 5.63. The highest BCUT2D eigenvalue weighted by Crippen LogP contribution is 2.32. The number of hydrogen-bond donors (Lipinski definition) is 1. The van der Waals surface area contributed by atoms with Gasteiger partial charge in [0.05, 0.1) is 0 Å². The van der Waals surface area contributed by atoms with E-state index in [1.54, 1.807) is 5.56 Å². The van der Waals surface area contributed by atoms with Crippen molar-refractivity contribution >= 4 is 0 Å². The maximum atomic E-state index is 3.56. The molecule has 0 amide bonds. The lowest BCUT2D eigenvalue weighted by Gasteiger charge is -2.22. The van der Waals surface area contributed by atoms with Crippen molar-refractivity contribution in [2.24, 2.45) is 0 Å². The van der Waals surface area contributed by atoms with Gasteiger partial charge in [-0.1, -0.05) is 50.5 Å². The molecule has 1 heteroatoms. The molecule has 0 radical (unpaired) electrons. The van der Waals surface area contributed by atoms with Crippen molar-refractivity contribution in [3.8, 4) is 0 Å². The number of benzene rings is 1. The molecular weight excluding hydrogens is 230 g/mol. The second kappa shape index (κ2) is 7.69. The second-order valence-corrected chi connectivity index (χ2v) is 6.14. The monoisotopic (exact) mass is 259 g/mol. The Morgan fingerprint density at radius 2 is 1.79 bits per heavy atom. The summed E-state index contributed by atoms with van der Waals surface area (Å²) in [5.74, 6) is 0.832. The van der Waals surface area contributed by atoms with Crippen molar-refractivity contribution in [2.75, 3.05) is 6.54 Å². The Hall–Kier alpha value is -0.820. The molecule has 0 bridgehead atoms. The van der Waals surface area contributed by atoms with Gasteiger partial charge in [0.2, 0.25) is 0 Å². The van der Waals surface area contributed by atoms with E-state index in [4.69, 9.17) is 0 Å². The summed E-state index contributed by atoms with van der Waals surface area (Å²) in [5, 5.41) is 3.56. The van der Waals surface area contributed by atoms with Gasteiger partial charge in [-0.25, -0.2) is 0 Å². The van der Waals surface area contributed by atoms with Crippen molar-refractivity contribution in [3.63, 3.8) is 0 Å². The third kappa shape index (κ3) is 4.65. The normalized spacial score (nSPS) is 18.4. The molecule has 1 unspecified atom stereocenters. The first-order chi connectivity index (χ1) is 9.29. The summed E-state index contributed by atoms with van der Waals surface area (Å²) < 4.78 is 0. The Bertz CT molecular complexity index is 348. The van der Waals surface area contributed by atoms with E-state index in [0.29, 0.717) is 6.04 Å². The van der Waals surface area contributed by atoms with Crippen molar-refractivity contribution in [1.29, 1.82) is 0 Å². The average molecular weight is 259 g/mol. The summed E-state index contributed by atoms with van der Waals surface area (Å²) >= 11 is 0. The molecule has 19 heavy (non-hydrogen) atoms. The average Bonchev–Trinajstić information content (AvgIpc) is 2.47. The van der Waals surface area contributed by atoms with Crippen molar-refractivity contribution in [3.05, 3.63) is 35.4 Å². The van der Waals surface area contributed by atoms with Gasteiger partial charge in [0.1, 0.15) is 0 Å². The number of nitrogens with one attached hydrogen (secondary N) is 1. The van der Waals surface area contributed by atoms with E-state index >= 15 is 0 Å². The molecule has 1 atom stereocenters. The van der Waals surface area contributed by atoms with Gasteiger partial charge in [-0.15, -0.1) is 0 Å². The van der Waals surface area contributed by atoms with Gasteiger partial charge in [-0.05, 0) is 56.2 Å². The van der Waals surface area contributed by atoms with Gasteiger partial charge in [-0.3, -0.25) is 0 Å². The molecule has 0 saturated heterocycles. The lowest BCUT2D eigenvalue weighted by molar-refractivity contribution is 0.443. The van der Waals surface area contributed by atoms with E-state index in [-0.39, 0.29) is 0 Å². The molecule has 1 aromatic carbocycles. The van der Waals surface area contributed by atoms with Gasteiger partial charge in [0.25, 0.3) is 0 Å². The molecule has 1 fully saturated rings. The Labute approximate surface area is 118 Å². The van der Waals surface area contributed by atoms with Crippen LogP contribution in [-0.4, -0.2) is 12.6 Å². The molecule has 0 aliphatic heterocycles. The highest BCUT2D eigenvalue weighted by Gasteiger charge is 2.15. The summed E-state index contributed by atoms with van der Waals surface area (Å²) in [4.78, 5) is 0. The first-order valence-electron chi connectivity index (χ1n) is 8.12. The lowest BCUT2D eigenvalue weighted by atomic mass is 9.84. The van der Waals surface area contributed by atoms with Crippen LogP contribution < -0.4 is 5.32 Å². The minimum atomic E-state index is 0.584. The topological polar surface area (TPSA) is 12.0 Å². The smallest absolute Gasteiger partial charge is 0.00791 e. The Kier molecular flexibility index (Phi) is 5.91. The van der Waals surface area contributed by atoms with Crippen LogP contribution in [0.4, 0.5) is 0 Å². The molecule has 0 aromatic heterocycles. The molecule has 0 heterocycles. The molecule has 1 N–H and O–H groups in total. The van der Waals surface area contributed by atoms with E-state index in [2.05, 4.69) is 43.4 Å². The summed E-state index contributed by atoms with van der Waals surface area (Å²) in [6, 6.07) is 10.0. The van der Waals surface area contributed by atoms with Crippen molar-refractivity contribution in [1.82, 2.24) is 5.32 Å². The van der Waals surface area contributed by atoms with E-state index in [0.717, 1.165) is 18.9 Å². The van der Waals surface area contributed by atoms with E-state index < -0.39 is 0 Å². The second-order valence-electron chi connectivity index (χ2n) is 6.14. The van der Waals surface area contributed by atoms with Gasteiger partial charge < -0.3 is 5.32 Å². The van der Waals surface area contributed by atoms with Crippen LogP contribution >= 0.6 is 0 Å². The van der Waals surface area contributed by atoms with E-state index in [9.17, 15) is 0 Å². The predicted octanol–water partition coefficient (Wildman–Crippen LogP) is 4.66. The first kappa shape index (κ1) is 14.6.